The van der Waals surface area contributed by atoms with Crippen LogP contribution in [-0.2, 0) is 27.3 Å². The van der Waals surface area contributed by atoms with Crippen LogP contribution < -0.4 is 5.73 Å². The minimum atomic E-state index is -2.76. The van der Waals surface area contributed by atoms with E-state index in [9.17, 15) is 39.9 Å². The van der Waals surface area contributed by atoms with Crippen LogP contribution >= 0.6 is 0 Å². The van der Waals surface area contributed by atoms with E-state index in [1.807, 2.05) is 20.8 Å². The maximum absolute atomic E-state index is 16.0. The first-order valence-electron chi connectivity index (χ1n) is 13.4. The molecule has 1 fully saturated rings. The number of hydrogen-bond acceptors (Lipinski definition) is 10. The summed E-state index contributed by atoms with van der Waals surface area (Å²) in [7, 11) is 4.73. The van der Waals surface area contributed by atoms with Crippen LogP contribution in [0.1, 0.15) is 43.9 Å². The molecule has 0 unspecified atom stereocenters. The highest BCUT2D eigenvalue weighted by molar-refractivity contribution is 6.24. The van der Waals surface area contributed by atoms with Crippen LogP contribution in [0.3, 0.4) is 0 Å². The Balaban J connectivity index is 1.85. The predicted molar refractivity (Wildman–Crippen MR) is 146 cm³/mol. The summed E-state index contributed by atoms with van der Waals surface area (Å²) < 4.78 is 16.0. The number of aliphatic hydroxyl groups excluding tert-OH is 3. The van der Waals surface area contributed by atoms with Gasteiger partial charge in [0.2, 0.25) is 5.78 Å². The Hall–Kier alpha value is -3.32. The number of hydrogen-bond donors (Lipinski definition) is 6. The van der Waals surface area contributed by atoms with E-state index in [4.69, 9.17) is 5.73 Å². The van der Waals surface area contributed by atoms with Crippen LogP contribution in [0, 0.1) is 23.1 Å². The average molecular weight is 576 g/mol. The van der Waals surface area contributed by atoms with Crippen molar-refractivity contribution in [3.63, 3.8) is 0 Å². The summed E-state index contributed by atoms with van der Waals surface area (Å²) in [6.45, 7) is 5.67. The maximum atomic E-state index is 16.0. The molecule has 0 aliphatic heterocycles. The quantitative estimate of drug-likeness (QED) is 0.267. The number of nitrogens with zero attached hydrogens (tertiary/aromatic N) is 2. The van der Waals surface area contributed by atoms with Crippen molar-refractivity contribution in [3.8, 4) is 5.75 Å². The Bertz CT molecular complexity index is 1400. The molecule has 0 radical (unpaired) electrons. The molecule has 3 aliphatic rings. The van der Waals surface area contributed by atoms with Gasteiger partial charge in [-0.15, -0.1) is 0 Å². The molecule has 1 aromatic rings. The Kier molecular flexibility index (Phi) is 7.62. The molecule has 4 rings (SSSR count). The van der Waals surface area contributed by atoms with Crippen LogP contribution in [0.2, 0.25) is 0 Å². The highest BCUT2D eigenvalue weighted by Crippen LogP contribution is 2.53. The van der Waals surface area contributed by atoms with Gasteiger partial charge in [-0.25, -0.2) is 4.39 Å². The molecule has 0 saturated heterocycles. The number of nitrogens with two attached hydrogens (primary N) is 1. The van der Waals surface area contributed by atoms with Gasteiger partial charge in [-0.2, -0.15) is 0 Å². The summed E-state index contributed by atoms with van der Waals surface area (Å²) >= 11 is 0. The molecule has 1 aromatic carbocycles. The number of amides is 1. The third kappa shape index (κ3) is 4.53. The first kappa shape index (κ1) is 30.6. The second-order valence-corrected chi connectivity index (χ2v) is 12.7. The summed E-state index contributed by atoms with van der Waals surface area (Å²) in [6, 6.07) is -0.405. The topological polar surface area (TPSA) is 185 Å². The van der Waals surface area contributed by atoms with Crippen LogP contribution in [0.25, 0.3) is 5.76 Å². The van der Waals surface area contributed by atoms with Gasteiger partial charge in [0.25, 0.3) is 5.91 Å². The number of benzene rings is 1. The molecular formula is C29H38FN3O8. The minimum absolute atomic E-state index is 0.0320. The molecule has 11 nitrogen and oxygen atoms in total. The van der Waals surface area contributed by atoms with Gasteiger partial charge in [-0.3, -0.25) is 24.2 Å². The number of likely N-dealkylation sites (N-methyl/N-ethyl adjacent to an activating group) is 2. The molecular weight excluding hydrogens is 537 g/mol. The number of aliphatic hydroxyl groups is 4. The molecule has 1 amide bonds. The molecule has 1 saturated carbocycles. The number of aromatic hydroxyl groups is 1. The Labute approximate surface area is 237 Å². The third-order valence-corrected chi connectivity index (χ3v) is 8.85. The fourth-order valence-electron chi connectivity index (χ4n) is 6.92. The third-order valence-electron chi connectivity index (χ3n) is 8.85. The summed E-state index contributed by atoms with van der Waals surface area (Å²) in [5.74, 6) is -8.57. The van der Waals surface area contributed by atoms with E-state index in [2.05, 4.69) is 0 Å². The first-order chi connectivity index (χ1) is 18.9. The summed E-state index contributed by atoms with van der Waals surface area (Å²) in [5, 5.41) is 54.6. The molecule has 12 heteroatoms. The number of rotatable bonds is 6. The van der Waals surface area contributed by atoms with Crippen molar-refractivity contribution < 1.29 is 44.3 Å². The fourth-order valence-corrected chi connectivity index (χ4v) is 6.92. The van der Waals surface area contributed by atoms with Crippen LogP contribution in [0.5, 0.6) is 5.75 Å². The SMILES string of the molecule is CN(C)[C@@H]1C(=O)C(C(N)=O)=C(O)[C@@]2(O)C(=O)C3=C(O)c4c(O)cc(CN(C)[C@H](CO)C(C)(C)C)c(F)c4C[C@H]3C[C@@H]12. The predicted octanol–water partition coefficient (Wildman–Crippen LogP) is 0.942. The largest absolute Gasteiger partial charge is 0.508 e. The lowest BCUT2D eigenvalue weighted by molar-refractivity contribution is -0.153. The molecule has 0 heterocycles. The normalized spacial score (nSPS) is 27.2. The zero-order chi connectivity index (χ0) is 30.9. The van der Waals surface area contributed by atoms with Crippen molar-refractivity contribution in [3.05, 3.63) is 45.5 Å². The molecule has 0 bridgehead atoms. The first-order valence-corrected chi connectivity index (χ1v) is 13.4. The Morgan fingerprint density at radius 1 is 1.20 bits per heavy atom. The minimum Gasteiger partial charge on any atom is -0.508 e. The number of ketones is 2. The second-order valence-electron chi connectivity index (χ2n) is 12.7. The van der Waals surface area contributed by atoms with Crippen molar-refractivity contribution in [2.75, 3.05) is 27.7 Å². The lowest BCUT2D eigenvalue weighted by Crippen LogP contribution is -2.65. The molecule has 0 spiro atoms. The fraction of sp³-hybridized carbons (Fsp3) is 0.552. The van der Waals surface area contributed by atoms with Gasteiger partial charge in [0.1, 0.15) is 28.7 Å². The number of Topliss-reactive ketones (excluding diaryl/α,β-unsaturated/α-hetero) is 2. The number of phenols is 1. The van der Waals surface area contributed by atoms with E-state index in [-0.39, 0.29) is 59.7 Å². The summed E-state index contributed by atoms with van der Waals surface area (Å²) in [4.78, 5) is 42.3. The number of carbonyl (C=O) groups excluding carboxylic acids is 3. The van der Waals surface area contributed by atoms with Gasteiger partial charge < -0.3 is 31.3 Å². The molecule has 224 valence electrons. The van der Waals surface area contributed by atoms with Gasteiger partial charge in [0.05, 0.1) is 18.2 Å². The van der Waals surface area contributed by atoms with Crippen molar-refractivity contribution in [1.82, 2.24) is 9.80 Å². The van der Waals surface area contributed by atoms with Crippen molar-refractivity contribution in [2.24, 2.45) is 23.0 Å². The standard InChI is InChI=1S/C29H38FN3O8/c1-28(2,3)17(11-34)33(6)10-13-9-16(35)19-14(21(13)30)7-12-8-15-22(32(4)5)24(37)20(27(31)40)26(39)29(15,41)25(38)18(12)23(19)36/h9,12,15,17,22,34-36,39,41H,7-8,10-11H2,1-6H3,(H2,31,40)/t12-,15-,17+,22-,29-/m0/s1. The van der Waals surface area contributed by atoms with Crippen LogP contribution in [0.4, 0.5) is 4.39 Å². The number of carbonyl (C=O) groups is 3. The molecule has 5 atom stereocenters. The molecule has 7 N–H and O–H groups in total. The lowest BCUT2D eigenvalue weighted by atomic mass is 9.57. The van der Waals surface area contributed by atoms with Gasteiger partial charge in [0, 0.05) is 35.2 Å². The number of primary amides is 1. The molecule has 0 aromatic heterocycles. The summed E-state index contributed by atoms with van der Waals surface area (Å²) in [5.41, 5.74) is 0.773. The van der Waals surface area contributed by atoms with Gasteiger partial charge in [0.15, 0.2) is 11.4 Å². The zero-order valence-corrected chi connectivity index (χ0v) is 24.0. The highest BCUT2D eigenvalue weighted by atomic mass is 19.1. The van der Waals surface area contributed by atoms with Crippen LogP contribution in [-0.4, -0.2) is 98.2 Å². The Morgan fingerprint density at radius 3 is 2.32 bits per heavy atom. The summed E-state index contributed by atoms with van der Waals surface area (Å²) in [6.07, 6.45) is -0.277. The maximum Gasteiger partial charge on any atom is 0.255 e. The van der Waals surface area contributed by atoms with E-state index < -0.39 is 69.6 Å². The molecule has 3 aliphatic carbocycles. The smallest absolute Gasteiger partial charge is 0.255 e. The van der Waals surface area contributed by atoms with Gasteiger partial charge in [-0.05, 0) is 51.4 Å². The van der Waals surface area contributed by atoms with Gasteiger partial charge >= 0.3 is 0 Å². The average Bonchev–Trinajstić information content (AvgIpc) is 2.83. The zero-order valence-electron chi connectivity index (χ0n) is 24.0. The van der Waals surface area contributed by atoms with E-state index >= 15 is 4.39 Å². The number of fused-ring (bicyclic) bond motifs is 3. The second kappa shape index (κ2) is 10.2. The van der Waals surface area contributed by atoms with Gasteiger partial charge in [-0.1, -0.05) is 20.8 Å². The van der Waals surface area contributed by atoms with E-state index in [1.54, 1.807) is 11.9 Å². The van der Waals surface area contributed by atoms with E-state index in [0.717, 1.165) is 6.07 Å². The van der Waals surface area contributed by atoms with E-state index in [0.29, 0.717) is 0 Å². The van der Waals surface area contributed by atoms with Crippen molar-refractivity contribution in [2.45, 2.75) is 57.8 Å². The number of phenolic OH excluding ortho intramolecular Hbond substituents is 1. The number of halogens is 1. The van der Waals surface area contributed by atoms with E-state index in [1.165, 1.54) is 19.0 Å². The Morgan fingerprint density at radius 2 is 1.80 bits per heavy atom. The van der Waals surface area contributed by atoms with Crippen molar-refractivity contribution >= 4 is 23.2 Å². The van der Waals surface area contributed by atoms with Crippen molar-refractivity contribution in [1.29, 1.82) is 0 Å². The monoisotopic (exact) mass is 575 g/mol. The lowest BCUT2D eigenvalue weighted by Gasteiger charge is -2.50. The highest BCUT2D eigenvalue weighted by Gasteiger charge is 2.64. The molecule has 41 heavy (non-hydrogen) atoms. The van der Waals surface area contributed by atoms with Crippen LogP contribution in [0.15, 0.2) is 23.0 Å².